The van der Waals surface area contributed by atoms with Gasteiger partial charge < -0.3 is 10.2 Å². The average Bonchev–Trinajstić information content (AvgIpc) is 2.47. The smallest absolute Gasteiger partial charge is 0.244 e. The van der Waals surface area contributed by atoms with Crippen LogP contribution in [0.2, 0.25) is 0 Å². The largest absolute Gasteiger partial charge is 0.381 e. The zero-order chi connectivity index (χ0) is 14.6. The van der Waals surface area contributed by atoms with Gasteiger partial charge in [-0.05, 0) is 31.7 Å². The maximum Gasteiger partial charge on any atom is 0.244 e. The lowest BCUT2D eigenvalue weighted by molar-refractivity contribution is 0.0585. The van der Waals surface area contributed by atoms with E-state index in [0.29, 0.717) is 18.9 Å². The molecule has 1 fully saturated rings. The maximum atomic E-state index is 12.4. The van der Waals surface area contributed by atoms with Gasteiger partial charge >= 0.3 is 0 Å². The quantitative estimate of drug-likeness (QED) is 0.539. The molecule has 8 heteroatoms. The van der Waals surface area contributed by atoms with Crippen LogP contribution >= 0.6 is 0 Å². The van der Waals surface area contributed by atoms with Gasteiger partial charge in [0.05, 0.1) is 5.69 Å². The zero-order valence-corrected chi connectivity index (χ0v) is 12.2. The maximum absolute atomic E-state index is 12.4. The molecule has 0 radical (unpaired) electrons. The van der Waals surface area contributed by atoms with Crippen LogP contribution in [0.5, 0.6) is 0 Å². The topological polar surface area (TPSA) is 106 Å². The van der Waals surface area contributed by atoms with Crippen molar-refractivity contribution in [1.82, 2.24) is 9.71 Å². The molecule has 1 aromatic heterocycles. The van der Waals surface area contributed by atoms with Crippen molar-refractivity contribution in [2.45, 2.75) is 30.7 Å². The molecular weight excluding hydrogens is 280 g/mol. The molecule has 1 unspecified atom stereocenters. The summed E-state index contributed by atoms with van der Waals surface area (Å²) in [6.07, 6.45) is 4.49. The normalized spacial score (nSPS) is 18.7. The molecular formula is C12H20N4O3S. The van der Waals surface area contributed by atoms with Gasteiger partial charge in [-0.1, -0.05) is 0 Å². The summed E-state index contributed by atoms with van der Waals surface area (Å²) in [6.45, 7) is 3.23. The van der Waals surface area contributed by atoms with E-state index in [4.69, 9.17) is 10.6 Å². The third-order valence-corrected chi connectivity index (χ3v) is 5.13. The molecule has 4 N–H and O–H groups in total. The molecule has 2 heterocycles. The summed E-state index contributed by atoms with van der Waals surface area (Å²) in [6, 6.07) is 1.36. The Balaban J connectivity index is 2.14. The molecule has 0 bridgehead atoms. The van der Waals surface area contributed by atoms with E-state index < -0.39 is 10.0 Å². The van der Waals surface area contributed by atoms with E-state index in [2.05, 4.69) is 15.1 Å². The number of nitrogens with zero attached hydrogens (tertiary/aromatic N) is 1. The van der Waals surface area contributed by atoms with E-state index in [0.717, 1.165) is 12.8 Å². The second-order valence-electron chi connectivity index (χ2n) is 4.88. The highest BCUT2D eigenvalue weighted by Crippen LogP contribution is 2.22. The van der Waals surface area contributed by atoms with Crippen molar-refractivity contribution in [3.8, 4) is 0 Å². The van der Waals surface area contributed by atoms with Gasteiger partial charge in [-0.2, -0.15) is 0 Å². The first-order valence-electron chi connectivity index (χ1n) is 6.55. The van der Waals surface area contributed by atoms with Crippen LogP contribution in [0.4, 0.5) is 5.69 Å². The lowest BCUT2D eigenvalue weighted by Gasteiger charge is -2.28. The van der Waals surface area contributed by atoms with E-state index in [-0.39, 0.29) is 16.9 Å². The van der Waals surface area contributed by atoms with Gasteiger partial charge in [-0.3, -0.25) is 10.8 Å². The van der Waals surface area contributed by atoms with Gasteiger partial charge in [0, 0.05) is 31.6 Å². The van der Waals surface area contributed by atoms with Gasteiger partial charge in [0.1, 0.15) is 4.90 Å². The van der Waals surface area contributed by atoms with Crippen LogP contribution in [-0.2, 0) is 14.8 Å². The molecule has 0 amide bonds. The second kappa shape index (κ2) is 6.49. The Hall–Kier alpha value is -1.22. The molecule has 7 nitrogen and oxygen atoms in total. The van der Waals surface area contributed by atoms with E-state index in [1.165, 1.54) is 18.5 Å². The van der Waals surface area contributed by atoms with Gasteiger partial charge in [-0.15, -0.1) is 0 Å². The number of ether oxygens (including phenoxy) is 1. The van der Waals surface area contributed by atoms with Crippen molar-refractivity contribution in [1.29, 1.82) is 0 Å². The van der Waals surface area contributed by atoms with E-state index in [1.54, 1.807) is 0 Å². The Kier molecular flexibility index (Phi) is 4.92. The zero-order valence-electron chi connectivity index (χ0n) is 11.4. The minimum atomic E-state index is -3.65. The van der Waals surface area contributed by atoms with E-state index >= 15 is 0 Å². The van der Waals surface area contributed by atoms with Gasteiger partial charge in [0.25, 0.3) is 0 Å². The Bertz CT molecular complexity index is 543. The van der Waals surface area contributed by atoms with Gasteiger partial charge in [0.2, 0.25) is 10.0 Å². The number of hydrazine groups is 1. The summed E-state index contributed by atoms with van der Waals surface area (Å²) >= 11 is 0. The van der Waals surface area contributed by atoms with Crippen LogP contribution < -0.4 is 16.0 Å². The molecule has 0 saturated carbocycles. The van der Waals surface area contributed by atoms with Crippen molar-refractivity contribution >= 4 is 15.7 Å². The molecule has 112 valence electrons. The fourth-order valence-electron chi connectivity index (χ4n) is 2.33. The summed E-state index contributed by atoms with van der Waals surface area (Å²) in [4.78, 5) is 3.90. The highest BCUT2D eigenvalue weighted by atomic mass is 32.2. The number of nitrogens with two attached hydrogens (primary N) is 1. The molecule has 0 aromatic carbocycles. The van der Waals surface area contributed by atoms with Crippen LogP contribution in [-0.4, -0.2) is 32.7 Å². The number of hydrogen-bond acceptors (Lipinski definition) is 6. The third-order valence-electron chi connectivity index (χ3n) is 3.54. The summed E-state index contributed by atoms with van der Waals surface area (Å²) < 4.78 is 32.8. The van der Waals surface area contributed by atoms with Gasteiger partial charge in [0.15, 0.2) is 0 Å². The van der Waals surface area contributed by atoms with Gasteiger partial charge in [-0.25, -0.2) is 13.1 Å². The second-order valence-corrected chi connectivity index (χ2v) is 6.56. The SMILES string of the molecule is CC(NS(=O)(=O)c1cnccc1NN)C1CCOCC1. The molecule has 1 aromatic rings. The fraction of sp³-hybridized carbons (Fsp3) is 0.583. The minimum absolute atomic E-state index is 0.0569. The first-order chi connectivity index (χ1) is 9.54. The first-order valence-corrected chi connectivity index (χ1v) is 8.03. The van der Waals surface area contributed by atoms with Crippen molar-refractivity contribution < 1.29 is 13.2 Å². The molecule has 0 aliphatic carbocycles. The lowest BCUT2D eigenvalue weighted by Crippen LogP contribution is -2.40. The number of aromatic nitrogens is 1. The van der Waals surface area contributed by atoms with E-state index in [1.807, 2.05) is 6.92 Å². The average molecular weight is 300 g/mol. The van der Waals surface area contributed by atoms with E-state index in [9.17, 15) is 8.42 Å². The first kappa shape index (κ1) is 15.2. The molecule has 0 spiro atoms. The number of sulfonamides is 1. The molecule has 1 saturated heterocycles. The Morgan fingerprint density at radius 1 is 1.45 bits per heavy atom. The van der Waals surface area contributed by atoms with Crippen LogP contribution in [0.1, 0.15) is 19.8 Å². The number of rotatable bonds is 5. The van der Waals surface area contributed by atoms with Crippen LogP contribution in [0.3, 0.4) is 0 Å². The third kappa shape index (κ3) is 3.45. The number of pyridine rings is 1. The molecule has 20 heavy (non-hydrogen) atoms. The van der Waals surface area contributed by atoms with Crippen LogP contribution in [0, 0.1) is 5.92 Å². The Morgan fingerprint density at radius 2 is 2.15 bits per heavy atom. The minimum Gasteiger partial charge on any atom is -0.381 e. The lowest BCUT2D eigenvalue weighted by atomic mass is 9.94. The van der Waals surface area contributed by atoms with Crippen molar-refractivity contribution in [3.63, 3.8) is 0 Å². The summed E-state index contributed by atoms with van der Waals surface area (Å²) in [5.74, 6) is 5.62. The standard InChI is InChI=1S/C12H20N4O3S/c1-9(10-3-6-19-7-4-10)16-20(17,18)12-8-14-5-2-11(12)15-13/h2,5,8-10,16H,3-4,6-7,13H2,1H3,(H,14,15). The molecule has 1 aliphatic rings. The number of nitrogen functional groups attached to an aromatic ring is 1. The number of hydrogen-bond donors (Lipinski definition) is 3. The summed E-state index contributed by atoms with van der Waals surface area (Å²) in [5, 5.41) is 0. The van der Waals surface area contributed by atoms with Crippen molar-refractivity contribution in [3.05, 3.63) is 18.5 Å². The highest BCUT2D eigenvalue weighted by Gasteiger charge is 2.26. The fourth-order valence-corrected chi connectivity index (χ4v) is 3.76. The van der Waals surface area contributed by atoms with Crippen LogP contribution in [0.15, 0.2) is 23.4 Å². The van der Waals surface area contributed by atoms with Crippen molar-refractivity contribution in [2.24, 2.45) is 11.8 Å². The highest BCUT2D eigenvalue weighted by molar-refractivity contribution is 7.89. The molecule has 1 atom stereocenters. The summed E-state index contributed by atoms with van der Waals surface area (Å²) in [7, 11) is -3.65. The number of anilines is 1. The molecule has 2 rings (SSSR count). The Labute approximate surface area is 118 Å². The summed E-state index contributed by atoms with van der Waals surface area (Å²) in [5.41, 5.74) is 2.70. The predicted molar refractivity (Wildman–Crippen MR) is 75.4 cm³/mol. The monoisotopic (exact) mass is 300 g/mol. The molecule has 1 aliphatic heterocycles. The Morgan fingerprint density at radius 3 is 2.80 bits per heavy atom. The predicted octanol–water partition coefficient (Wildman–Crippen LogP) is 0.461. The number of nitrogens with one attached hydrogen (secondary N) is 2. The van der Waals surface area contributed by atoms with Crippen molar-refractivity contribution in [2.75, 3.05) is 18.6 Å². The van der Waals surface area contributed by atoms with Crippen LogP contribution in [0.25, 0.3) is 0 Å².